The lowest BCUT2D eigenvalue weighted by atomic mass is 10.1. The summed E-state index contributed by atoms with van der Waals surface area (Å²) in [6.07, 6.45) is 3.20. The van der Waals surface area contributed by atoms with E-state index in [0.717, 1.165) is 0 Å². The van der Waals surface area contributed by atoms with Gasteiger partial charge in [0.25, 0.3) is 0 Å². The van der Waals surface area contributed by atoms with Crippen LogP contribution in [0.4, 0.5) is 0 Å². The van der Waals surface area contributed by atoms with E-state index in [1.165, 1.54) is 6.08 Å². The zero-order valence-corrected chi connectivity index (χ0v) is 8.00. The van der Waals surface area contributed by atoms with Gasteiger partial charge in [-0.15, -0.1) is 0 Å². The summed E-state index contributed by atoms with van der Waals surface area (Å²) in [7, 11) is 0. The lowest BCUT2D eigenvalue weighted by Gasteiger charge is -2.15. The number of rotatable bonds is 4. The highest BCUT2D eigenvalue weighted by Gasteiger charge is 2.07. The highest BCUT2D eigenvalue weighted by atomic mass is 16.1. The third kappa shape index (κ3) is 4.91. The second-order valence-electron chi connectivity index (χ2n) is 3.15. The standard InChI is InChI=1S/C9H18N2O/c1-4-5-9(12)11-6-8(10)7(2)3/h4-5,7-8H,6,10H2,1-3H3,(H,11,12)/b5-4+. The van der Waals surface area contributed by atoms with Gasteiger partial charge in [-0.05, 0) is 18.9 Å². The van der Waals surface area contributed by atoms with Crippen LogP contribution in [0.15, 0.2) is 12.2 Å². The van der Waals surface area contributed by atoms with Crippen LogP contribution < -0.4 is 11.1 Å². The Morgan fingerprint density at radius 3 is 2.58 bits per heavy atom. The zero-order valence-electron chi connectivity index (χ0n) is 8.00. The maximum Gasteiger partial charge on any atom is 0.243 e. The fourth-order valence-electron chi connectivity index (χ4n) is 0.664. The monoisotopic (exact) mass is 170 g/mol. The summed E-state index contributed by atoms with van der Waals surface area (Å²) in [5.74, 6) is 0.324. The molecular formula is C9H18N2O. The molecule has 3 nitrogen and oxygen atoms in total. The molecule has 0 aliphatic carbocycles. The molecule has 0 saturated carbocycles. The molecule has 12 heavy (non-hydrogen) atoms. The van der Waals surface area contributed by atoms with E-state index in [1.807, 2.05) is 20.8 Å². The third-order valence-electron chi connectivity index (χ3n) is 1.69. The number of nitrogens with two attached hydrogens (primary N) is 1. The first-order valence-corrected chi connectivity index (χ1v) is 4.24. The Balaban J connectivity index is 3.61. The van der Waals surface area contributed by atoms with Crippen LogP contribution in [0, 0.1) is 5.92 Å². The van der Waals surface area contributed by atoms with Crippen molar-refractivity contribution < 1.29 is 4.79 Å². The normalized spacial score (nSPS) is 13.8. The van der Waals surface area contributed by atoms with Crippen LogP contribution in [0.3, 0.4) is 0 Å². The summed E-state index contributed by atoms with van der Waals surface area (Å²) in [4.78, 5) is 10.9. The molecule has 0 aliphatic heterocycles. The van der Waals surface area contributed by atoms with Crippen LogP contribution >= 0.6 is 0 Å². The first-order valence-electron chi connectivity index (χ1n) is 4.24. The minimum Gasteiger partial charge on any atom is -0.351 e. The van der Waals surface area contributed by atoms with E-state index in [0.29, 0.717) is 12.5 Å². The Bertz CT molecular complexity index is 164. The summed E-state index contributed by atoms with van der Waals surface area (Å²) >= 11 is 0. The molecule has 0 aromatic heterocycles. The molecule has 0 heterocycles. The van der Waals surface area contributed by atoms with E-state index in [4.69, 9.17) is 5.73 Å². The summed E-state index contributed by atoms with van der Waals surface area (Å²) < 4.78 is 0. The van der Waals surface area contributed by atoms with Gasteiger partial charge in [-0.1, -0.05) is 19.9 Å². The smallest absolute Gasteiger partial charge is 0.243 e. The maximum atomic E-state index is 10.9. The molecule has 0 bridgehead atoms. The molecule has 0 fully saturated rings. The molecule has 70 valence electrons. The maximum absolute atomic E-state index is 10.9. The van der Waals surface area contributed by atoms with Crippen molar-refractivity contribution in [2.24, 2.45) is 11.7 Å². The minimum atomic E-state index is -0.0754. The Hall–Kier alpha value is -0.830. The van der Waals surface area contributed by atoms with Crippen molar-refractivity contribution in [1.29, 1.82) is 0 Å². The van der Waals surface area contributed by atoms with Gasteiger partial charge in [-0.25, -0.2) is 0 Å². The Labute approximate surface area is 74.0 Å². The molecule has 0 rings (SSSR count). The second-order valence-corrected chi connectivity index (χ2v) is 3.15. The molecular weight excluding hydrogens is 152 g/mol. The molecule has 3 heteroatoms. The van der Waals surface area contributed by atoms with Crippen LogP contribution in [-0.4, -0.2) is 18.5 Å². The predicted molar refractivity (Wildman–Crippen MR) is 50.6 cm³/mol. The van der Waals surface area contributed by atoms with Crippen LogP contribution in [-0.2, 0) is 4.79 Å². The van der Waals surface area contributed by atoms with Gasteiger partial charge >= 0.3 is 0 Å². The Kier molecular flexibility index (Phi) is 5.37. The van der Waals surface area contributed by atoms with Crippen LogP contribution in [0.25, 0.3) is 0 Å². The average molecular weight is 170 g/mol. The van der Waals surface area contributed by atoms with Gasteiger partial charge in [0, 0.05) is 12.6 Å². The summed E-state index contributed by atoms with van der Waals surface area (Å²) in [5.41, 5.74) is 5.72. The van der Waals surface area contributed by atoms with Gasteiger partial charge < -0.3 is 11.1 Å². The SMILES string of the molecule is C/C=C/C(=O)NCC(N)C(C)C. The van der Waals surface area contributed by atoms with Crippen molar-refractivity contribution in [3.05, 3.63) is 12.2 Å². The molecule has 0 aromatic carbocycles. The molecule has 3 N–H and O–H groups in total. The first-order chi connectivity index (χ1) is 5.57. The quantitative estimate of drug-likeness (QED) is 0.609. The van der Waals surface area contributed by atoms with E-state index in [9.17, 15) is 4.79 Å². The van der Waals surface area contributed by atoms with Gasteiger partial charge in [-0.3, -0.25) is 4.79 Å². The van der Waals surface area contributed by atoms with Crippen molar-refractivity contribution >= 4 is 5.91 Å². The van der Waals surface area contributed by atoms with Crippen molar-refractivity contribution in [2.75, 3.05) is 6.54 Å². The number of hydrogen-bond acceptors (Lipinski definition) is 2. The van der Waals surface area contributed by atoms with E-state index >= 15 is 0 Å². The van der Waals surface area contributed by atoms with Gasteiger partial charge in [0.1, 0.15) is 0 Å². The Morgan fingerprint density at radius 1 is 1.58 bits per heavy atom. The molecule has 1 amide bonds. The number of carbonyl (C=O) groups is 1. The number of hydrogen-bond donors (Lipinski definition) is 2. The van der Waals surface area contributed by atoms with E-state index in [-0.39, 0.29) is 11.9 Å². The van der Waals surface area contributed by atoms with Gasteiger partial charge in [0.15, 0.2) is 0 Å². The predicted octanol–water partition coefficient (Wildman–Crippen LogP) is 0.662. The third-order valence-corrected chi connectivity index (χ3v) is 1.69. The van der Waals surface area contributed by atoms with E-state index < -0.39 is 0 Å². The number of amides is 1. The molecule has 0 radical (unpaired) electrons. The summed E-state index contributed by atoms with van der Waals surface area (Å²) in [5, 5.41) is 2.71. The topological polar surface area (TPSA) is 55.1 Å². The summed E-state index contributed by atoms with van der Waals surface area (Å²) in [6.45, 7) is 6.42. The van der Waals surface area contributed by atoms with Crippen molar-refractivity contribution in [2.45, 2.75) is 26.8 Å². The van der Waals surface area contributed by atoms with Crippen LogP contribution in [0.1, 0.15) is 20.8 Å². The van der Waals surface area contributed by atoms with Crippen LogP contribution in [0.2, 0.25) is 0 Å². The fraction of sp³-hybridized carbons (Fsp3) is 0.667. The lowest BCUT2D eigenvalue weighted by molar-refractivity contribution is -0.116. The minimum absolute atomic E-state index is 0.0409. The fourth-order valence-corrected chi connectivity index (χ4v) is 0.664. The summed E-state index contributed by atoms with van der Waals surface area (Å²) in [6, 6.07) is 0.0409. The average Bonchev–Trinajstić information content (AvgIpc) is 2.00. The second kappa shape index (κ2) is 5.77. The number of carbonyl (C=O) groups excluding carboxylic acids is 1. The largest absolute Gasteiger partial charge is 0.351 e. The first kappa shape index (κ1) is 11.2. The van der Waals surface area contributed by atoms with Gasteiger partial charge in [0.2, 0.25) is 5.91 Å². The zero-order chi connectivity index (χ0) is 9.56. The van der Waals surface area contributed by atoms with Crippen molar-refractivity contribution in [1.82, 2.24) is 5.32 Å². The molecule has 1 unspecified atom stereocenters. The highest BCUT2D eigenvalue weighted by Crippen LogP contribution is 1.95. The molecule has 0 spiro atoms. The molecule has 0 aromatic rings. The van der Waals surface area contributed by atoms with Gasteiger partial charge in [0.05, 0.1) is 0 Å². The van der Waals surface area contributed by atoms with E-state index in [2.05, 4.69) is 5.32 Å². The molecule has 0 saturated heterocycles. The van der Waals surface area contributed by atoms with E-state index in [1.54, 1.807) is 6.08 Å². The van der Waals surface area contributed by atoms with Gasteiger partial charge in [-0.2, -0.15) is 0 Å². The Morgan fingerprint density at radius 2 is 2.17 bits per heavy atom. The highest BCUT2D eigenvalue weighted by molar-refractivity contribution is 5.87. The molecule has 0 aliphatic rings. The molecule has 1 atom stereocenters. The number of nitrogens with one attached hydrogen (secondary N) is 1. The van der Waals surface area contributed by atoms with Crippen LogP contribution in [0.5, 0.6) is 0 Å². The van der Waals surface area contributed by atoms with Crippen molar-refractivity contribution in [3.63, 3.8) is 0 Å². The van der Waals surface area contributed by atoms with Crippen molar-refractivity contribution in [3.8, 4) is 0 Å². The number of allylic oxidation sites excluding steroid dienone is 1. The lowest BCUT2D eigenvalue weighted by Crippen LogP contribution is -2.39.